The highest BCUT2D eigenvalue weighted by molar-refractivity contribution is 7.99. The molecular formula is C18H19N3O2S. The normalized spacial score (nSPS) is 11.0. The third kappa shape index (κ3) is 4.08. The summed E-state index contributed by atoms with van der Waals surface area (Å²) in [7, 11) is 0. The molecule has 0 aliphatic rings. The second kappa shape index (κ2) is 7.40. The first kappa shape index (κ1) is 16.4. The number of carbonyl (C=O) groups is 1. The summed E-state index contributed by atoms with van der Waals surface area (Å²) in [5.74, 6) is 0.852. The number of thioether (sulfide) groups is 1. The van der Waals surface area contributed by atoms with Crippen LogP contribution in [0.4, 0.5) is 5.69 Å². The lowest BCUT2D eigenvalue weighted by Gasteiger charge is -2.14. The van der Waals surface area contributed by atoms with Gasteiger partial charge in [-0.3, -0.25) is 4.79 Å². The summed E-state index contributed by atoms with van der Waals surface area (Å²) in [5, 5.41) is 3.63. The lowest BCUT2D eigenvalue weighted by Crippen LogP contribution is -2.16. The van der Waals surface area contributed by atoms with Crippen molar-refractivity contribution in [2.45, 2.75) is 25.1 Å². The molecule has 3 rings (SSSR count). The number of H-pyrrole nitrogens is 1. The first-order chi connectivity index (χ1) is 11.6. The fourth-order valence-electron chi connectivity index (χ4n) is 2.24. The molecule has 0 bridgehead atoms. The first-order valence-corrected chi connectivity index (χ1v) is 8.73. The van der Waals surface area contributed by atoms with E-state index in [1.54, 1.807) is 0 Å². The maximum atomic E-state index is 12.2. The molecular weight excluding hydrogens is 322 g/mol. The van der Waals surface area contributed by atoms with Crippen molar-refractivity contribution in [2.24, 2.45) is 0 Å². The summed E-state index contributed by atoms with van der Waals surface area (Å²) in [5.41, 5.74) is 2.55. The Morgan fingerprint density at radius 2 is 1.96 bits per heavy atom. The molecule has 0 radical (unpaired) electrons. The fourth-order valence-corrected chi connectivity index (χ4v) is 2.93. The number of benzene rings is 2. The van der Waals surface area contributed by atoms with Gasteiger partial charge in [0.05, 0.1) is 28.6 Å². The number of anilines is 1. The quantitative estimate of drug-likeness (QED) is 0.663. The smallest absolute Gasteiger partial charge is 0.234 e. The van der Waals surface area contributed by atoms with Crippen molar-refractivity contribution in [3.63, 3.8) is 0 Å². The van der Waals surface area contributed by atoms with Gasteiger partial charge in [-0.25, -0.2) is 4.98 Å². The average molecular weight is 341 g/mol. The number of para-hydroxylation sites is 4. The minimum Gasteiger partial charge on any atom is -0.489 e. The number of nitrogens with zero attached hydrogens (tertiary/aromatic N) is 1. The number of hydrogen-bond donors (Lipinski definition) is 2. The third-order valence-corrected chi connectivity index (χ3v) is 4.10. The van der Waals surface area contributed by atoms with E-state index in [0.717, 1.165) is 16.2 Å². The summed E-state index contributed by atoms with van der Waals surface area (Å²) in [4.78, 5) is 19.9. The molecule has 0 aliphatic carbocycles. The molecule has 0 aliphatic heterocycles. The minimum absolute atomic E-state index is 0.0491. The van der Waals surface area contributed by atoms with E-state index in [2.05, 4.69) is 15.3 Å². The van der Waals surface area contributed by atoms with Crippen LogP contribution >= 0.6 is 11.8 Å². The van der Waals surface area contributed by atoms with E-state index < -0.39 is 0 Å². The van der Waals surface area contributed by atoms with E-state index >= 15 is 0 Å². The molecule has 0 saturated heterocycles. The van der Waals surface area contributed by atoms with Crippen LogP contribution in [-0.4, -0.2) is 27.7 Å². The molecule has 3 aromatic rings. The maximum Gasteiger partial charge on any atom is 0.234 e. The Morgan fingerprint density at radius 3 is 2.75 bits per heavy atom. The maximum absolute atomic E-state index is 12.2. The highest BCUT2D eigenvalue weighted by Crippen LogP contribution is 2.25. The van der Waals surface area contributed by atoms with Crippen LogP contribution in [0.3, 0.4) is 0 Å². The molecule has 6 heteroatoms. The van der Waals surface area contributed by atoms with Crippen LogP contribution in [0.2, 0.25) is 0 Å². The Morgan fingerprint density at radius 1 is 1.21 bits per heavy atom. The highest BCUT2D eigenvalue weighted by Gasteiger charge is 2.10. The predicted octanol–water partition coefficient (Wildman–Crippen LogP) is 4.08. The largest absolute Gasteiger partial charge is 0.489 e. The topological polar surface area (TPSA) is 67.0 Å². The van der Waals surface area contributed by atoms with Gasteiger partial charge in [0.2, 0.25) is 5.91 Å². The molecule has 0 unspecified atom stereocenters. The van der Waals surface area contributed by atoms with E-state index in [1.807, 2.05) is 62.4 Å². The molecule has 0 saturated carbocycles. The van der Waals surface area contributed by atoms with Gasteiger partial charge in [0, 0.05) is 0 Å². The van der Waals surface area contributed by atoms with Crippen LogP contribution in [0.25, 0.3) is 11.0 Å². The number of hydrogen-bond acceptors (Lipinski definition) is 4. The number of ether oxygens (including phenoxy) is 1. The molecule has 1 amide bonds. The number of amides is 1. The monoisotopic (exact) mass is 341 g/mol. The molecule has 124 valence electrons. The van der Waals surface area contributed by atoms with Crippen molar-refractivity contribution in [1.82, 2.24) is 9.97 Å². The number of fused-ring (bicyclic) bond motifs is 1. The molecule has 1 heterocycles. The SMILES string of the molecule is CC(C)Oc1ccccc1NC(=O)CSc1nc2ccccc2[nH]1. The molecule has 5 nitrogen and oxygen atoms in total. The fraction of sp³-hybridized carbons (Fsp3) is 0.222. The van der Waals surface area contributed by atoms with Gasteiger partial charge in [-0.15, -0.1) is 0 Å². The Kier molecular flexibility index (Phi) is 5.05. The number of nitrogens with one attached hydrogen (secondary N) is 2. The predicted molar refractivity (Wildman–Crippen MR) is 97.7 cm³/mol. The molecule has 1 aromatic heterocycles. The number of carbonyl (C=O) groups excluding carboxylic acids is 1. The number of aromatic nitrogens is 2. The lowest BCUT2D eigenvalue weighted by atomic mass is 10.3. The van der Waals surface area contributed by atoms with Gasteiger partial charge in [-0.05, 0) is 38.1 Å². The van der Waals surface area contributed by atoms with Crippen LogP contribution in [0, 0.1) is 0 Å². The Hall–Kier alpha value is -2.47. The summed E-state index contributed by atoms with van der Waals surface area (Å²) in [6.45, 7) is 3.91. The highest BCUT2D eigenvalue weighted by atomic mass is 32.2. The van der Waals surface area contributed by atoms with Crippen molar-refractivity contribution < 1.29 is 9.53 Å². The summed E-state index contributed by atoms with van der Waals surface area (Å²) >= 11 is 1.37. The summed E-state index contributed by atoms with van der Waals surface area (Å²) in [6.07, 6.45) is 0.0491. The number of rotatable bonds is 6. The van der Waals surface area contributed by atoms with Crippen molar-refractivity contribution in [3.05, 3.63) is 48.5 Å². The Bertz CT molecular complexity index is 812. The molecule has 2 aromatic carbocycles. The number of aromatic amines is 1. The zero-order valence-electron chi connectivity index (χ0n) is 13.6. The summed E-state index contributed by atoms with van der Waals surface area (Å²) in [6, 6.07) is 15.2. The van der Waals surface area contributed by atoms with E-state index in [9.17, 15) is 4.79 Å². The van der Waals surface area contributed by atoms with Gasteiger partial charge in [-0.1, -0.05) is 36.0 Å². The van der Waals surface area contributed by atoms with Crippen LogP contribution in [0.1, 0.15) is 13.8 Å². The van der Waals surface area contributed by atoms with E-state index in [4.69, 9.17) is 4.74 Å². The molecule has 0 fully saturated rings. The summed E-state index contributed by atoms with van der Waals surface area (Å²) < 4.78 is 5.71. The zero-order chi connectivity index (χ0) is 16.9. The van der Waals surface area contributed by atoms with Gasteiger partial charge in [0.1, 0.15) is 5.75 Å². The van der Waals surface area contributed by atoms with Gasteiger partial charge in [0.25, 0.3) is 0 Å². The third-order valence-electron chi connectivity index (χ3n) is 3.23. The van der Waals surface area contributed by atoms with Crippen LogP contribution in [-0.2, 0) is 4.79 Å². The standard InChI is InChI=1S/C18H19N3O2S/c1-12(2)23-16-10-6-5-9-15(16)19-17(22)11-24-18-20-13-7-3-4-8-14(13)21-18/h3-10,12H,11H2,1-2H3,(H,19,22)(H,20,21). The van der Waals surface area contributed by atoms with E-state index in [1.165, 1.54) is 11.8 Å². The van der Waals surface area contributed by atoms with Gasteiger partial charge in [0.15, 0.2) is 5.16 Å². The van der Waals surface area contributed by atoms with Gasteiger partial charge >= 0.3 is 0 Å². The van der Waals surface area contributed by atoms with E-state index in [-0.39, 0.29) is 17.8 Å². The Balaban J connectivity index is 1.61. The van der Waals surface area contributed by atoms with Crippen molar-refractivity contribution in [3.8, 4) is 5.75 Å². The molecule has 0 spiro atoms. The lowest BCUT2D eigenvalue weighted by molar-refractivity contribution is -0.113. The molecule has 0 atom stereocenters. The van der Waals surface area contributed by atoms with Gasteiger partial charge in [-0.2, -0.15) is 0 Å². The molecule has 2 N–H and O–H groups in total. The Labute approximate surface area is 144 Å². The second-order valence-electron chi connectivity index (χ2n) is 5.56. The van der Waals surface area contributed by atoms with Crippen molar-refractivity contribution in [1.29, 1.82) is 0 Å². The minimum atomic E-state index is -0.0970. The van der Waals surface area contributed by atoms with Crippen LogP contribution in [0.15, 0.2) is 53.7 Å². The van der Waals surface area contributed by atoms with Crippen molar-refractivity contribution in [2.75, 3.05) is 11.1 Å². The van der Waals surface area contributed by atoms with E-state index in [0.29, 0.717) is 11.4 Å². The van der Waals surface area contributed by atoms with Crippen LogP contribution < -0.4 is 10.1 Å². The molecule has 24 heavy (non-hydrogen) atoms. The average Bonchev–Trinajstić information content (AvgIpc) is 2.97. The van der Waals surface area contributed by atoms with Gasteiger partial charge < -0.3 is 15.0 Å². The second-order valence-corrected chi connectivity index (χ2v) is 6.52. The number of imidazole rings is 1. The van der Waals surface area contributed by atoms with Crippen molar-refractivity contribution >= 4 is 34.4 Å². The van der Waals surface area contributed by atoms with Crippen LogP contribution in [0.5, 0.6) is 5.75 Å². The first-order valence-electron chi connectivity index (χ1n) is 7.75. The zero-order valence-corrected chi connectivity index (χ0v) is 14.4.